The van der Waals surface area contributed by atoms with Crippen LogP contribution in [0.5, 0.6) is 0 Å². The van der Waals surface area contributed by atoms with E-state index in [0.717, 1.165) is 20.9 Å². The lowest BCUT2D eigenvalue weighted by Gasteiger charge is -2.07. The fourth-order valence-corrected chi connectivity index (χ4v) is 4.88. The van der Waals surface area contributed by atoms with E-state index in [1.165, 1.54) is 18.4 Å². The van der Waals surface area contributed by atoms with Gasteiger partial charge in [-0.3, -0.25) is 4.79 Å². The molecule has 8 heteroatoms. The van der Waals surface area contributed by atoms with Gasteiger partial charge < -0.3 is 14.0 Å². The number of amides is 1. The number of aromatic nitrogens is 1. The maximum absolute atomic E-state index is 13.0. The Morgan fingerprint density at radius 2 is 1.97 bits per heavy atom. The first-order valence-corrected chi connectivity index (χ1v) is 11.5. The van der Waals surface area contributed by atoms with Gasteiger partial charge in [0.05, 0.1) is 35.1 Å². The summed E-state index contributed by atoms with van der Waals surface area (Å²) in [6.07, 6.45) is 0. The summed E-state index contributed by atoms with van der Waals surface area (Å²) >= 11 is 2.99. The highest BCUT2D eigenvalue weighted by Crippen LogP contribution is 2.24. The molecule has 0 aliphatic rings. The standard InChI is InChI=1S/C22H24N2O4S2/c1-4-28-13-12-24-17-11-10-15(21(26)27-3)14-19(17)30-22(24)23-20(25)16-8-6-7-9-18(16)29-5-2/h6-11,14H,4-5,12-13H2,1-3H3. The molecule has 6 nitrogen and oxygen atoms in total. The zero-order valence-corrected chi connectivity index (χ0v) is 18.8. The van der Waals surface area contributed by atoms with Crippen molar-refractivity contribution in [2.45, 2.75) is 25.3 Å². The summed E-state index contributed by atoms with van der Waals surface area (Å²) in [7, 11) is 1.36. The Morgan fingerprint density at radius 1 is 1.17 bits per heavy atom. The van der Waals surface area contributed by atoms with Crippen molar-refractivity contribution < 1.29 is 19.1 Å². The smallest absolute Gasteiger partial charge is 0.337 e. The van der Waals surface area contributed by atoms with Crippen LogP contribution in [0.25, 0.3) is 10.2 Å². The molecule has 0 fully saturated rings. The molecule has 0 spiro atoms. The first-order valence-electron chi connectivity index (χ1n) is 9.69. The quantitative estimate of drug-likeness (QED) is 0.293. The molecule has 0 aliphatic carbocycles. The Kier molecular flexibility index (Phi) is 7.84. The van der Waals surface area contributed by atoms with Crippen LogP contribution in [-0.2, 0) is 16.0 Å². The van der Waals surface area contributed by atoms with Gasteiger partial charge in [-0.15, -0.1) is 11.8 Å². The van der Waals surface area contributed by atoms with Crippen LogP contribution in [0, 0.1) is 0 Å². The zero-order valence-electron chi connectivity index (χ0n) is 17.2. The van der Waals surface area contributed by atoms with Crippen LogP contribution in [0.2, 0.25) is 0 Å². The van der Waals surface area contributed by atoms with Crippen molar-refractivity contribution in [2.75, 3.05) is 26.1 Å². The van der Waals surface area contributed by atoms with Crippen LogP contribution >= 0.6 is 23.1 Å². The first-order chi connectivity index (χ1) is 14.6. The van der Waals surface area contributed by atoms with Crippen molar-refractivity contribution in [3.05, 3.63) is 58.4 Å². The van der Waals surface area contributed by atoms with Gasteiger partial charge in [0.25, 0.3) is 5.91 Å². The van der Waals surface area contributed by atoms with E-state index in [1.54, 1.807) is 30.0 Å². The Morgan fingerprint density at radius 3 is 2.70 bits per heavy atom. The first kappa shape index (κ1) is 22.3. The summed E-state index contributed by atoms with van der Waals surface area (Å²) in [6, 6.07) is 12.9. The summed E-state index contributed by atoms with van der Waals surface area (Å²) in [5.41, 5.74) is 1.95. The third-order valence-electron chi connectivity index (χ3n) is 4.38. The molecule has 0 N–H and O–H groups in total. The number of rotatable bonds is 8. The van der Waals surface area contributed by atoms with Gasteiger partial charge in [-0.2, -0.15) is 4.99 Å². The van der Waals surface area contributed by atoms with E-state index in [1.807, 2.05) is 35.8 Å². The predicted molar refractivity (Wildman–Crippen MR) is 120 cm³/mol. The number of thiazole rings is 1. The van der Waals surface area contributed by atoms with E-state index in [4.69, 9.17) is 9.47 Å². The van der Waals surface area contributed by atoms with Crippen LogP contribution in [0.4, 0.5) is 0 Å². The number of carbonyl (C=O) groups excluding carboxylic acids is 2. The van der Waals surface area contributed by atoms with Crippen molar-refractivity contribution in [2.24, 2.45) is 4.99 Å². The monoisotopic (exact) mass is 444 g/mol. The Labute approximate surface area is 183 Å². The number of hydrogen-bond donors (Lipinski definition) is 0. The summed E-state index contributed by atoms with van der Waals surface area (Å²) in [5.74, 6) is 0.195. The largest absolute Gasteiger partial charge is 0.465 e. The second-order valence-electron chi connectivity index (χ2n) is 6.25. The number of methoxy groups -OCH3 is 1. The minimum atomic E-state index is -0.397. The van der Waals surface area contributed by atoms with E-state index >= 15 is 0 Å². The maximum Gasteiger partial charge on any atom is 0.337 e. The molecule has 0 saturated heterocycles. The molecule has 1 aromatic heterocycles. The third kappa shape index (κ3) is 5.00. The molecule has 158 valence electrons. The van der Waals surface area contributed by atoms with Crippen LogP contribution in [0.15, 0.2) is 52.4 Å². The molecule has 0 radical (unpaired) electrons. The molecule has 0 unspecified atom stereocenters. The number of nitrogens with zero attached hydrogens (tertiary/aromatic N) is 2. The minimum Gasteiger partial charge on any atom is -0.465 e. The van der Waals surface area contributed by atoms with Crippen molar-refractivity contribution >= 4 is 45.2 Å². The number of fused-ring (bicyclic) bond motifs is 1. The molecule has 0 saturated carbocycles. The minimum absolute atomic E-state index is 0.281. The number of benzene rings is 2. The topological polar surface area (TPSA) is 69.9 Å². The van der Waals surface area contributed by atoms with E-state index in [2.05, 4.69) is 11.9 Å². The average molecular weight is 445 g/mol. The van der Waals surface area contributed by atoms with Gasteiger partial charge in [-0.05, 0) is 43.0 Å². The molecular weight excluding hydrogens is 420 g/mol. The van der Waals surface area contributed by atoms with Gasteiger partial charge in [0.1, 0.15) is 0 Å². The highest BCUT2D eigenvalue weighted by molar-refractivity contribution is 7.99. The van der Waals surface area contributed by atoms with Crippen molar-refractivity contribution in [1.82, 2.24) is 4.57 Å². The fourth-order valence-electron chi connectivity index (χ4n) is 2.99. The summed E-state index contributed by atoms with van der Waals surface area (Å²) in [4.78, 5) is 30.8. The average Bonchev–Trinajstić information content (AvgIpc) is 3.10. The van der Waals surface area contributed by atoms with E-state index in [0.29, 0.717) is 35.7 Å². The molecule has 3 rings (SSSR count). The van der Waals surface area contributed by atoms with E-state index in [-0.39, 0.29) is 5.91 Å². The number of hydrogen-bond acceptors (Lipinski definition) is 6. The molecule has 1 amide bonds. The van der Waals surface area contributed by atoms with Crippen molar-refractivity contribution in [3.8, 4) is 0 Å². The molecule has 1 heterocycles. The summed E-state index contributed by atoms with van der Waals surface area (Å²) < 4.78 is 13.2. The van der Waals surface area contributed by atoms with Gasteiger partial charge in [0, 0.05) is 18.0 Å². The number of thioether (sulfide) groups is 1. The van der Waals surface area contributed by atoms with Crippen molar-refractivity contribution in [3.63, 3.8) is 0 Å². The molecular formula is C22H24N2O4S2. The highest BCUT2D eigenvalue weighted by atomic mass is 32.2. The van der Waals surface area contributed by atoms with Crippen LogP contribution < -0.4 is 4.80 Å². The predicted octanol–water partition coefficient (Wildman–Crippen LogP) is 4.38. The molecule has 0 aliphatic heterocycles. The second kappa shape index (κ2) is 10.6. The van der Waals surface area contributed by atoms with Gasteiger partial charge in [-0.25, -0.2) is 4.79 Å². The third-order valence-corrected chi connectivity index (χ3v) is 6.38. The Bertz CT molecular complexity index is 1120. The Balaban J connectivity index is 2.09. The van der Waals surface area contributed by atoms with E-state index in [9.17, 15) is 9.59 Å². The second-order valence-corrected chi connectivity index (χ2v) is 8.57. The van der Waals surface area contributed by atoms with Crippen LogP contribution in [-0.4, -0.2) is 42.5 Å². The van der Waals surface area contributed by atoms with Gasteiger partial charge in [0.15, 0.2) is 4.80 Å². The van der Waals surface area contributed by atoms with Crippen LogP contribution in [0.3, 0.4) is 0 Å². The maximum atomic E-state index is 13.0. The van der Waals surface area contributed by atoms with Gasteiger partial charge in [0.2, 0.25) is 0 Å². The zero-order chi connectivity index (χ0) is 21.5. The number of esters is 1. The molecule has 0 atom stereocenters. The molecule has 0 bridgehead atoms. The van der Waals surface area contributed by atoms with Crippen molar-refractivity contribution in [1.29, 1.82) is 0 Å². The number of ether oxygens (including phenoxy) is 2. The lowest BCUT2D eigenvalue weighted by atomic mass is 10.2. The summed E-state index contributed by atoms with van der Waals surface area (Å²) in [6.45, 7) is 5.67. The van der Waals surface area contributed by atoms with Gasteiger partial charge in [-0.1, -0.05) is 30.4 Å². The molecule has 30 heavy (non-hydrogen) atoms. The molecule has 3 aromatic rings. The molecule has 2 aromatic carbocycles. The lowest BCUT2D eigenvalue weighted by Crippen LogP contribution is -2.20. The fraction of sp³-hybridized carbons (Fsp3) is 0.318. The lowest BCUT2D eigenvalue weighted by molar-refractivity contribution is 0.0600. The normalized spacial score (nSPS) is 11.8. The van der Waals surface area contributed by atoms with E-state index < -0.39 is 5.97 Å². The van der Waals surface area contributed by atoms with Gasteiger partial charge >= 0.3 is 5.97 Å². The summed E-state index contributed by atoms with van der Waals surface area (Å²) in [5, 5.41) is 0. The van der Waals surface area contributed by atoms with Crippen LogP contribution in [0.1, 0.15) is 34.6 Å². The Hall–Kier alpha value is -2.42. The SMILES string of the molecule is CCOCCn1c(=NC(=O)c2ccccc2SCC)sc2cc(C(=O)OC)ccc21. The highest BCUT2D eigenvalue weighted by Gasteiger charge is 2.14. The number of carbonyl (C=O) groups is 2.